The number of benzene rings is 1. The van der Waals surface area contributed by atoms with Crippen LogP contribution in [0.5, 0.6) is 11.5 Å². The summed E-state index contributed by atoms with van der Waals surface area (Å²) in [4.78, 5) is 15.6. The maximum atomic E-state index is 11.7. The van der Waals surface area contributed by atoms with E-state index < -0.39 is 6.10 Å². The van der Waals surface area contributed by atoms with E-state index in [2.05, 4.69) is 17.2 Å². The zero-order valence-electron chi connectivity index (χ0n) is 19.7. The highest BCUT2D eigenvalue weighted by molar-refractivity contribution is 5.77. The van der Waals surface area contributed by atoms with Crippen LogP contribution in [-0.4, -0.2) is 55.1 Å². The lowest BCUT2D eigenvalue weighted by Crippen LogP contribution is -2.41. The average molecular weight is 450 g/mol. The van der Waals surface area contributed by atoms with Crippen molar-refractivity contribution >= 4 is 11.9 Å². The van der Waals surface area contributed by atoms with Gasteiger partial charge < -0.3 is 30.7 Å². The molecule has 0 bridgehead atoms. The molecule has 0 aliphatic heterocycles. The number of carbonyl (C=O) groups is 1. The van der Waals surface area contributed by atoms with Gasteiger partial charge in [0.25, 0.3) is 0 Å². The number of carbonyl (C=O) groups excluding carboxylic acids is 1. The fraction of sp³-hybridized carbons (Fsp3) is 0.667. The van der Waals surface area contributed by atoms with Crippen LogP contribution in [0.4, 0.5) is 0 Å². The smallest absolute Gasteiger partial charge is 0.302 e. The summed E-state index contributed by atoms with van der Waals surface area (Å²) < 4.78 is 10.7. The fourth-order valence-electron chi connectivity index (χ4n) is 4.53. The van der Waals surface area contributed by atoms with Gasteiger partial charge in [0.1, 0.15) is 6.10 Å². The number of aryl methyl sites for hydroxylation is 1. The van der Waals surface area contributed by atoms with E-state index in [0.717, 1.165) is 31.4 Å². The maximum absolute atomic E-state index is 11.7. The summed E-state index contributed by atoms with van der Waals surface area (Å²) in [7, 11) is 3.16. The van der Waals surface area contributed by atoms with E-state index in [-0.39, 0.29) is 23.7 Å². The number of nitrogens with two attached hydrogens (primary N) is 1. The van der Waals surface area contributed by atoms with E-state index in [1.807, 2.05) is 6.07 Å². The first-order valence-electron chi connectivity index (χ1n) is 11.4. The van der Waals surface area contributed by atoms with Gasteiger partial charge in [-0.05, 0) is 61.1 Å². The number of guanidine groups is 1. The number of methoxy groups -OCH3 is 1. The molecule has 0 radical (unpaired) electrons. The second-order valence-corrected chi connectivity index (χ2v) is 8.88. The van der Waals surface area contributed by atoms with Crippen molar-refractivity contribution in [2.45, 2.75) is 64.6 Å². The summed E-state index contributed by atoms with van der Waals surface area (Å²) in [5, 5.41) is 23.9. The van der Waals surface area contributed by atoms with Crippen LogP contribution in [0.15, 0.2) is 23.2 Å². The summed E-state index contributed by atoms with van der Waals surface area (Å²) >= 11 is 0. The Bertz CT molecular complexity index is 770. The lowest BCUT2D eigenvalue weighted by molar-refractivity contribution is -0.148. The van der Waals surface area contributed by atoms with Gasteiger partial charge in [0, 0.05) is 26.9 Å². The lowest BCUT2D eigenvalue weighted by atomic mass is 9.72. The Morgan fingerprint density at radius 1 is 1.38 bits per heavy atom. The Morgan fingerprint density at radius 2 is 2.12 bits per heavy atom. The van der Waals surface area contributed by atoms with Crippen molar-refractivity contribution in [3.63, 3.8) is 0 Å². The number of esters is 1. The predicted molar refractivity (Wildman–Crippen MR) is 125 cm³/mol. The molecule has 0 heterocycles. The fourth-order valence-corrected chi connectivity index (χ4v) is 4.53. The maximum Gasteiger partial charge on any atom is 0.302 e. The van der Waals surface area contributed by atoms with E-state index >= 15 is 0 Å². The van der Waals surface area contributed by atoms with E-state index in [0.29, 0.717) is 42.8 Å². The molecular formula is C24H39N3O5. The topological polar surface area (TPSA) is 126 Å². The third kappa shape index (κ3) is 7.89. The molecule has 1 fully saturated rings. The van der Waals surface area contributed by atoms with Gasteiger partial charge in [-0.1, -0.05) is 19.4 Å². The molecule has 1 aliphatic rings. The quantitative estimate of drug-likeness (QED) is 0.246. The van der Waals surface area contributed by atoms with E-state index in [1.165, 1.54) is 14.0 Å². The number of phenols is 1. The first kappa shape index (κ1) is 25.8. The summed E-state index contributed by atoms with van der Waals surface area (Å²) in [6.45, 7) is 4.37. The second kappa shape index (κ2) is 12.5. The van der Waals surface area contributed by atoms with E-state index in [1.54, 1.807) is 19.2 Å². The zero-order chi connectivity index (χ0) is 23.7. The number of ether oxygens (including phenoxy) is 2. The van der Waals surface area contributed by atoms with Crippen LogP contribution in [0.25, 0.3) is 0 Å². The molecule has 1 aliphatic carbocycles. The minimum atomic E-state index is -0.541. The summed E-state index contributed by atoms with van der Waals surface area (Å²) in [5.41, 5.74) is 6.74. The Balaban J connectivity index is 1.96. The number of nitrogens with zero attached hydrogens (tertiary/aromatic N) is 1. The largest absolute Gasteiger partial charge is 0.504 e. The van der Waals surface area contributed by atoms with Gasteiger partial charge in [0.05, 0.1) is 13.2 Å². The predicted octanol–water partition coefficient (Wildman–Crippen LogP) is 2.60. The van der Waals surface area contributed by atoms with Gasteiger partial charge >= 0.3 is 5.97 Å². The monoisotopic (exact) mass is 449 g/mol. The molecule has 5 unspecified atom stereocenters. The summed E-state index contributed by atoms with van der Waals surface area (Å²) in [5.74, 6) is 1.69. The Kier molecular flexibility index (Phi) is 10.1. The van der Waals surface area contributed by atoms with Crippen LogP contribution >= 0.6 is 0 Å². The molecule has 2 rings (SSSR count). The van der Waals surface area contributed by atoms with E-state index in [9.17, 15) is 15.0 Å². The number of aliphatic hydroxyl groups excluding tert-OH is 1. The van der Waals surface area contributed by atoms with Crippen molar-refractivity contribution in [2.75, 3.05) is 20.7 Å². The molecule has 5 N–H and O–H groups in total. The third-order valence-electron chi connectivity index (χ3n) is 6.57. The van der Waals surface area contributed by atoms with Crippen LogP contribution in [0.3, 0.4) is 0 Å². The SMILES string of the molecule is CN=C(N)NCC1CC(C(O)CC(CCc2ccc(O)c(OC)c2)OC(C)=O)CCC1C. The molecule has 5 atom stereocenters. The van der Waals surface area contributed by atoms with Crippen molar-refractivity contribution in [1.82, 2.24) is 5.32 Å². The average Bonchev–Trinajstić information content (AvgIpc) is 2.76. The highest BCUT2D eigenvalue weighted by Gasteiger charge is 2.33. The Labute approximate surface area is 191 Å². The minimum Gasteiger partial charge on any atom is -0.504 e. The highest BCUT2D eigenvalue weighted by Crippen LogP contribution is 2.36. The van der Waals surface area contributed by atoms with Crippen LogP contribution in [0.1, 0.15) is 51.5 Å². The van der Waals surface area contributed by atoms with Gasteiger partial charge in [-0.2, -0.15) is 0 Å². The number of nitrogens with one attached hydrogen (secondary N) is 1. The first-order chi connectivity index (χ1) is 15.2. The second-order valence-electron chi connectivity index (χ2n) is 8.88. The van der Waals surface area contributed by atoms with Crippen LogP contribution in [0, 0.1) is 17.8 Å². The zero-order valence-corrected chi connectivity index (χ0v) is 19.7. The van der Waals surface area contributed by atoms with E-state index in [4.69, 9.17) is 15.2 Å². The highest BCUT2D eigenvalue weighted by atomic mass is 16.5. The lowest BCUT2D eigenvalue weighted by Gasteiger charge is -2.37. The molecular weight excluding hydrogens is 410 g/mol. The van der Waals surface area contributed by atoms with Gasteiger partial charge in [0.2, 0.25) is 0 Å². The molecule has 1 aromatic carbocycles. The minimum absolute atomic E-state index is 0.0887. The Hall–Kier alpha value is -2.48. The number of phenolic OH excluding ortho intramolecular Hbond substituents is 1. The standard InChI is InChI=1S/C24H39N3O5/c1-15-5-8-18(12-19(15)14-27-24(25)26-3)22(30)13-20(32-16(2)28)9-6-17-7-10-21(29)23(11-17)31-4/h7,10-11,15,18-20,22,29-30H,5-6,8-9,12-14H2,1-4H3,(H3,25,26,27). The van der Waals surface area contributed by atoms with Crippen molar-refractivity contribution in [1.29, 1.82) is 0 Å². The summed E-state index contributed by atoms with van der Waals surface area (Å²) in [6, 6.07) is 5.20. The summed E-state index contributed by atoms with van der Waals surface area (Å²) in [6.07, 6.45) is 3.62. The molecule has 8 heteroatoms. The molecule has 0 amide bonds. The number of hydrogen-bond donors (Lipinski definition) is 4. The van der Waals surface area contributed by atoms with Crippen LogP contribution in [-0.2, 0) is 16.0 Å². The van der Waals surface area contributed by atoms with Crippen molar-refractivity contribution in [3.8, 4) is 11.5 Å². The van der Waals surface area contributed by atoms with Gasteiger partial charge in [-0.25, -0.2) is 0 Å². The molecule has 1 saturated carbocycles. The molecule has 8 nitrogen and oxygen atoms in total. The number of aromatic hydroxyl groups is 1. The molecule has 0 saturated heterocycles. The Morgan fingerprint density at radius 3 is 2.78 bits per heavy atom. The molecule has 0 aromatic heterocycles. The van der Waals surface area contributed by atoms with Gasteiger partial charge in [-0.3, -0.25) is 9.79 Å². The number of hydrogen-bond acceptors (Lipinski definition) is 6. The molecule has 180 valence electrons. The van der Waals surface area contributed by atoms with Crippen LogP contribution in [0.2, 0.25) is 0 Å². The number of aliphatic hydroxyl groups is 1. The first-order valence-corrected chi connectivity index (χ1v) is 11.4. The van der Waals surface area contributed by atoms with Crippen LogP contribution < -0.4 is 15.8 Å². The van der Waals surface area contributed by atoms with Gasteiger partial charge in [-0.15, -0.1) is 0 Å². The normalized spacial score (nSPS) is 23.3. The molecule has 32 heavy (non-hydrogen) atoms. The van der Waals surface area contributed by atoms with Crippen molar-refractivity contribution in [2.24, 2.45) is 28.5 Å². The third-order valence-corrected chi connectivity index (χ3v) is 6.57. The van der Waals surface area contributed by atoms with Crippen molar-refractivity contribution < 1.29 is 24.5 Å². The van der Waals surface area contributed by atoms with Gasteiger partial charge in [0.15, 0.2) is 17.5 Å². The number of rotatable bonds is 10. The molecule has 1 aromatic rings. The van der Waals surface area contributed by atoms with Crippen molar-refractivity contribution in [3.05, 3.63) is 23.8 Å². The number of aliphatic imine (C=N–C) groups is 1. The molecule has 0 spiro atoms.